The number of hydrogen-bond donors (Lipinski definition) is 2. The van der Waals surface area contributed by atoms with Crippen molar-refractivity contribution in [1.29, 1.82) is 0 Å². The van der Waals surface area contributed by atoms with Crippen molar-refractivity contribution in [2.24, 2.45) is 0 Å². The fourth-order valence-electron chi connectivity index (χ4n) is 2.40. The molecule has 1 atom stereocenters. The zero-order chi connectivity index (χ0) is 14.6. The van der Waals surface area contributed by atoms with Crippen LogP contribution in [0, 0.1) is 0 Å². The van der Waals surface area contributed by atoms with Gasteiger partial charge in [0.1, 0.15) is 0 Å². The summed E-state index contributed by atoms with van der Waals surface area (Å²) in [6.07, 6.45) is 0.372. The Balaban J connectivity index is 2.00. The van der Waals surface area contributed by atoms with E-state index in [0.29, 0.717) is 13.0 Å². The van der Waals surface area contributed by atoms with Gasteiger partial charge >= 0.3 is 0 Å². The van der Waals surface area contributed by atoms with E-state index < -0.39 is 0 Å². The van der Waals surface area contributed by atoms with E-state index in [1.807, 2.05) is 18.2 Å². The predicted molar refractivity (Wildman–Crippen MR) is 81.0 cm³/mol. The molecule has 0 aromatic heterocycles. The third-order valence-electron chi connectivity index (χ3n) is 3.43. The van der Waals surface area contributed by atoms with Crippen LogP contribution in [0.3, 0.4) is 0 Å². The lowest BCUT2D eigenvalue weighted by molar-refractivity contribution is -0.119. The van der Waals surface area contributed by atoms with Crippen LogP contribution in [0.25, 0.3) is 0 Å². The lowest BCUT2D eigenvalue weighted by Crippen LogP contribution is -2.40. The van der Waals surface area contributed by atoms with Gasteiger partial charge in [-0.1, -0.05) is 39.0 Å². The second-order valence-corrected chi connectivity index (χ2v) is 6.24. The van der Waals surface area contributed by atoms with Crippen LogP contribution in [0.2, 0.25) is 0 Å². The highest BCUT2D eigenvalue weighted by molar-refractivity contribution is 5.92. The number of benzene rings is 1. The van der Waals surface area contributed by atoms with Crippen LogP contribution in [0.15, 0.2) is 24.3 Å². The zero-order valence-electron chi connectivity index (χ0n) is 12.5. The van der Waals surface area contributed by atoms with Gasteiger partial charge in [0.05, 0.1) is 19.1 Å². The van der Waals surface area contributed by atoms with E-state index in [4.69, 9.17) is 4.74 Å². The third kappa shape index (κ3) is 4.05. The Morgan fingerprint density at radius 1 is 1.40 bits per heavy atom. The summed E-state index contributed by atoms with van der Waals surface area (Å²) < 4.78 is 5.56. The van der Waals surface area contributed by atoms with E-state index in [1.165, 1.54) is 0 Å². The normalized spacial score (nSPS) is 19.6. The van der Waals surface area contributed by atoms with E-state index in [1.54, 1.807) is 0 Å². The first-order valence-electron chi connectivity index (χ1n) is 7.18. The van der Waals surface area contributed by atoms with E-state index in [0.717, 1.165) is 24.3 Å². The van der Waals surface area contributed by atoms with Crippen molar-refractivity contribution in [1.82, 2.24) is 5.32 Å². The molecule has 1 aromatic carbocycles. The number of anilines is 1. The second kappa shape index (κ2) is 6.37. The summed E-state index contributed by atoms with van der Waals surface area (Å²) in [6, 6.07) is 7.97. The topological polar surface area (TPSA) is 50.4 Å². The molecule has 1 amide bonds. The van der Waals surface area contributed by atoms with Crippen LogP contribution in [-0.2, 0) is 14.9 Å². The maximum Gasteiger partial charge on any atom is 0.227 e. The monoisotopic (exact) mass is 276 g/mol. The molecule has 2 rings (SSSR count). The van der Waals surface area contributed by atoms with Crippen LogP contribution >= 0.6 is 0 Å². The Morgan fingerprint density at radius 3 is 2.80 bits per heavy atom. The molecule has 1 unspecified atom stereocenters. The molecular weight excluding hydrogens is 252 g/mol. The molecule has 1 fully saturated rings. The molecule has 1 aliphatic rings. The summed E-state index contributed by atoms with van der Waals surface area (Å²) in [5.74, 6) is 0.00963. The summed E-state index contributed by atoms with van der Waals surface area (Å²) in [7, 11) is 0. The van der Waals surface area contributed by atoms with Gasteiger partial charge in [0.2, 0.25) is 5.91 Å². The number of carbonyl (C=O) groups excluding carboxylic acids is 1. The molecule has 110 valence electrons. The minimum Gasteiger partial charge on any atom is -0.375 e. The molecule has 0 bridgehead atoms. The first-order valence-corrected chi connectivity index (χ1v) is 7.18. The van der Waals surface area contributed by atoms with E-state index in [9.17, 15) is 4.79 Å². The van der Waals surface area contributed by atoms with Crippen molar-refractivity contribution in [2.75, 3.05) is 25.0 Å². The third-order valence-corrected chi connectivity index (χ3v) is 3.43. The number of para-hydroxylation sites is 1. The highest BCUT2D eigenvalue weighted by atomic mass is 16.5. The maximum atomic E-state index is 12.1. The van der Waals surface area contributed by atoms with Gasteiger partial charge in [-0.2, -0.15) is 0 Å². The van der Waals surface area contributed by atoms with E-state index in [-0.39, 0.29) is 17.4 Å². The highest BCUT2D eigenvalue weighted by Crippen LogP contribution is 2.29. The Kier molecular flexibility index (Phi) is 4.78. The fourth-order valence-corrected chi connectivity index (χ4v) is 2.40. The average molecular weight is 276 g/mol. The van der Waals surface area contributed by atoms with E-state index in [2.05, 4.69) is 37.5 Å². The number of nitrogens with one attached hydrogen (secondary N) is 2. The minimum absolute atomic E-state index is 0.00671. The standard InChI is InChI=1S/C16H24N2O2/c1-16(2,3)13-6-4-5-7-14(13)18-15(19)10-12-11-17-8-9-20-12/h4-7,12,17H,8-11H2,1-3H3,(H,18,19). The van der Waals surface area contributed by atoms with Gasteiger partial charge in [-0.3, -0.25) is 4.79 Å². The summed E-state index contributed by atoms with van der Waals surface area (Å²) in [5, 5.41) is 6.25. The van der Waals surface area contributed by atoms with Gasteiger partial charge in [0, 0.05) is 18.8 Å². The molecular formula is C16H24N2O2. The Morgan fingerprint density at radius 2 is 2.15 bits per heavy atom. The van der Waals surface area contributed by atoms with Gasteiger partial charge in [-0.15, -0.1) is 0 Å². The predicted octanol–water partition coefficient (Wildman–Crippen LogP) is 2.30. The largest absolute Gasteiger partial charge is 0.375 e. The summed E-state index contributed by atoms with van der Waals surface area (Å²) in [4.78, 5) is 12.1. The molecule has 0 saturated carbocycles. The quantitative estimate of drug-likeness (QED) is 0.890. The van der Waals surface area contributed by atoms with Crippen molar-refractivity contribution in [2.45, 2.75) is 38.7 Å². The molecule has 1 heterocycles. The summed E-state index contributed by atoms with van der Waals surface area (Å²) in [6.45, 7) is 8.72. The number of morpholine rings is 1. The van der Waals surface area contributed by atoms with Crippen LogP contribution in [-0.4, -0.2) is 31.7 Å². The molecule has 1 aromatic rings. The maximum absolute atomic E-state index is 12.1. The van der Waals surface area contributed by atoms with Crippen molar-refractivity contribution < 1.29 is 9.53 Å². The fraction of sp³-hybridized carbons (Fsp3) is 0.562. The number of ether oxygens (including phenoxy) is 1. The number of hydrogen-bond acceptors (Lipinski definition) is 3. The Bertz CT molecular complexity index is 460. The molecule has 0 aliphatic carbocycles. The Labute approximate surface area is 120 Å². The van der Waals surface area contributed by atoms with E-state index >= 15 is 0 Å². The first kappa shape index (κ1) is 15.0. The molecule has 0 spiro atoms. The molecule has 0 radical (unpaired) electrons. The van der Waals surface area contributed by atoms with Gasteiger partial charge in [-0.25, -0.2) is 0 Å². The van der Waals surface area contributed by atoms with Crippen LogP contribution in [0.4, 0.5) is 5.69 Å². The lowest BCUT2D eigenvalue weighted by Gasteiger charge is -2.25. The van der Waals surface area contributed by atoms with Gasteiger partial charge in [0.25, 0.3) is 0 Å². The summed E-state index contributed by atoms with van der Waals surface area (Å²) >= 11 is 0. The molecule has 4 nitrogen and oxygen atoms in total. The minimum atomic E-state index is -0.0226. The van der Waals surface area contributed by atoms with Crippen LogP contribution in [0.5, 0.6) is 0 Å². The van der Waals surface area contributed by atoms with Crippen molar-refractivity contribution in [3.05, 3.63) is 29.8 Å². The molecule has 1 saturated heterocycles. The Hall–Kier alpha value is -1.39. The number of amides is 1. The smallest absolute Gasteiger partial charge is 0.227 e. The average Bonchev–Trinajstić information content (AvgIpc) is 2.39. The SMILES string of the molecule is CC(C)(C)c1ccccc1NC(=O)CC1CNCCO1. The highest BCUT2D eigenvalue weighted by Gasteiger charge is 2.21. The van der Waals surface area contributed by atoms with Crippen LogP contribution in [0.1, 0.15) is 32.8 Å². The number of carbonyl (C=O) groups is 1. The van der Waals surface area contributed by atoms with Crippen molar-refractivity contribution >= 4 is 11.6 Å². The number of rotatable bonds is 3. The van der Waals surface area contributed by atoms with Crippen LogP contribution < -0.4 is 10.6 Å². The zero-order valence-corrected chi connectivity index (χ0v) is 12.5. The van der Waals surface area contributed by atoms with Gasteiger partial charge < -0.3 is 15.4 Å². The summed E-state index contributed by atoms with van der Waals surface area (Å²) in [5.41, 5.74) is 2.05. The molecule has 4 heteroatoms. The van der Waals surface area contributed by atoms with Gasteiger partial charge in [0.15, 0.2) is 0 Å². The van der Waals surface area contributed by atoms with Gasteiger partial charge in [-0.05, 0) is 17.0 Å². The molecule has 1 aliphatic heterocycles. The molecule has 2 N–H and O–H groups in total. The first-order chi connectivity index (χ1) is 9.47. The second-order valence-electron chi connectivity index (χ2n) is 6.24. The molecule has 20 heavy (non-hydrogen) atoms. The van der Waals surface area contributed by atoms with Crippen molar-refractivity contribution in [3.8, 4) is 0 Å². The van der Waals surface area contributed by atoms with Crippen molar-refractivity contribution in [3.63, 3.8) is 0 Å². The lowest BCUT2D eigenvalue weighted by atomic mass is 9.86.